The Hall–Kier alpha value is 0.690. The van der Waals surface area contributed by atoms with Gasteiger partial charge < -0.3 is 5.26 Å². The average molecular weight is 335 g/mol. The molecule has 0 saturated heterocycles. The summed E-state index contributed by atoms with van der Waals surface area (Å²) < 4.78 is 28.1. The molecule has 0 aliphatic carbocycles. The SMILES string of the molecule is Cc1cc(S(=O)(=O)CCCl)c(C)cc1SOO[O-].[Na+]. The predicted molar refractivity (Wildman–Crippen MR) is 66.7 cm³/mol. The maximum Gasteiger partial charge on any atom is 1.00 e. The van der Waals surface area contributed by atoms with Gasteiger partial charge in [-0.05, 0) is 37.1 Å². The summed E-state index contributed by atoms with van der Waals surface area (Å²) in [4.78, 5) is 0.862. The predicted octanol–water partition coefficient (Wildman–Crippen LogP) is -1.45. The van der Waals surface area contributed by atoms with E-state index in [-0.39, 0.29) is 46.1 Å². The molecule has 0 heterocycles. The number of sulfone groups is 1. The van der Waals surface area contributed by atoms with Crippen LogP contribution in [-0.2, 0) is 19.2 Å². The van der Waals surface area contributed by atoms with Gasteiger partial charge in [-0.1, -0.05) is 0 Å². The van der Waals surface area contributed by atoms with E-state index in [2.05, 4.69) is 9.37 Å². The molecule has 0 spiro atoms. The van der Waals surface area contributed by atoms with Crippen molar-refractivity contribution in [3.8, 4) is 0 Å². The van der Waals surface area contributed by atoms with Crippen molar-refractivity contribution in [2.75, 3.05) is 11.6 Å². The van der Waals surface area contributed by atoms with E-state index in [0.717, 1.165) is 12.0 Å². The van der Waals surface area contributed by atoms with Gasteiger partial charge in [0.05, 0.1) is 22.7 Å². The molecule has 0 aromatic heterocycles. The number of hydrogen-bond donors (Lipinski definition) is 0. The van der Waals surface area contributed by atoms with Gasteiger partial charge in [0.25, 0.3) is 0 Å². The maximum atomic E-state index is 11.9. The van der Waals surface area contributed by atoms with Crippen LogP contribution in [0.5, 0.6) is 0 Å². The molecule has 19 heavy (non-hydrogen) atoms. The Morgan fingerprint density at radius 1 is 1.32 bits per heavy atom. The van der Waals surface area contributed by atoms with Crippen molar-refractivity contribution >= 4 is 33.5 Å². The van der Waals surface area contributed by atoms with E-state index in [4.69, 9.17) is 11.6 Å². The van der Waals surface area contributed by atoms with Crippen molar-refractivity contribution in [1.82, 2.24) is 0 Å². The van der Waals surface area contributed by atoms with E-state index in [1.165, 1.54) is 6.07 Å². The molecule has 0 aliphatic rings. The first kappa shape index (κ1) is 19.7. The smallest absolute Gasteiger partial charge is 0.691 e. The fraction of sp³-hybridized carbons (Fsp3) is 0.400. The largest absolute Gasteiger partial charge is 1.00 e. The van der Waals surface area contributed by atoms with E-state index in [1.807, 2.05) is 0 Å². The van der Waals surface area contributed by atoms with Crippen molar-refractivity contribution < 1.29 is 52.6 Å². The number of benzene rings is 1. The molecule has 0 radical (unpaired) electrons. The van der Waals surface area contributed by atoms with Crippen LogP contribution in [0.4, 0.5) is 0 Å². The third-order valence-corrected chi connectivity index (χ3v) is 5.31. The van der Waals surface area contributed by atoms with Crippen LogP contribution in [0.2, 0.25) is 0 Å². The zero-order valence-corrected chi connectivity index (χ0v) is 15.2. The van der Waals surface area contributed by atoms with Gasteiger partial charge in [-0.15, -0.1) is 11.6 Å². The van der Waals surface area contributed by atoms with Gasteiger partial charge in [0.1, 0.15) is 0 Å². The fourth-order valence-corrected chi connectivity index (χ4v) is 3.90. The van der Waals surface area contributed by atoms with Gasteiger partial charge in [-0.2, -0.15) is 4.33 Å². The monoisotopic (exact) mass is 334 g/mol. The van der Waals surface area contributed by atoms with E-state index in [9.17, 15) is 13.7 Å². The normalized spacial score (nSPS) is 11.2. The van der Waals surface area contributed by atoms with Gasteiger partial charge in [0.2, 0.25) is 0 Å². The second-order valence-electron chi connectivity index (χ2n) is 3.61. The summed E-state index contributed by atoms with van der Waals surface area (Å²) in [5.41, 5.74) is 1.25. The van der Waals surface area contributed by atoms with Crippen molar-refractivity contribution in [2.24, 2.45) is 0 Å². The average Bonchev–Trinajstić information content (AvgIpc) is 2.29. The van der Waals surface area contributed by atoms with E-state index >= 15 is 0 Å². The molecule has 5 nitrogen and oxygen atoms in total. The molecular formula is C10H12ClNaO5S2. The van der Waals surface area contributed by atoms with E-state index < -0.39 is 9.84 Å². The zero-order chi connectivity index (χ0) is 13.8. The van der Waals surface area contributed by atoms with Crippen LogP contribution in [0.15, 0.2) is 21.9 Å². The Kier molecular flexibility index (Phi) is 9.18. The van der Waals surface area contributed by atoms with Crippen LogP contribution in [0.3, 0.4) is 0 Å². The summed E-state index contributed by atoms with van der Waals surface area (Å²) in [5, 5.41) is 13.0. The van der Waals surface area contributed by atoms with Gasteiger partial charge in [0.15, 0.2) is 9.84 Å². The topological polar surface area (TPSA) is 75.7 Å². The molecule has 0 N–H and O–H groups in total. The molecule has 0 unspecified atom stereocenters. The van der Waals surface area contributed by atoms with Crippen molar-refractivity contribution in [1.29, 1.82) is 0 Å². The van der Waals surface area contributed by atoms with Gasteiger partial charge in [-0.3, -0.25) is 5.04 Å². The Morgan fingerprint density at radius 2 is 1.95 bits per heavy atom. The third kappa shape index (κ3) is 5.53. The van der Waals surface area contributed by atoms with Crippen LogP contribution in [0.25, 0.3) is 0 Å². The minimum atomic E-state index is -3.38. The van der Waals surface area contributed by atoms with Crippen molar-refractivity contribution in [3.63, 3.8) is 0 Å². The fourth-order valence-electron chi connectivity index (χ4n) is 1.45. The molecule has 0 saturated carbocycles. The van der Waals surface area contributed by atoms with E-state index in [1.54, 1.807) is 19.9 Å². The van der Waals surface area contributed by atoms with Gasteiger partial charge in [0, 0.05) is 10.8 Å². The molecule has 0 aliphatic heterocycles. The summed E-state index contributed by atoms with van der Waals surface area (Å²) in [6, 6.07) is 3.16. The van der Waals surface area contributed by atoms with Crippen LogP contribution in [-0.4, -0.2) is 20.1 Å². The zero-order valence-electron chi connectivity index (χ0n) is 10.8. The molecule has 0 fully saturated rings. The molecule has 102 valence electrons. The van der Waals surface area contributed by atoms with Crippen LogP contribution >= 0.6 is 23.6 Å². The standard InChI is InChI=1S/C10H13ClO5S2.Na/c1-7-6-10(18(13,14)4-3-11)8(2)5-9(7)17-16-15-12;/h5-6,12H,3-4H2,1-2H3;/q;+1/p-1. The van der Waals surface area contributed by atoms with E-state index in [0.29, 0.717) is 16.0 Å². The first-order valence-corrected chi connectivity index (χ1v) is 7.88. The Bertz CT molecular complexity index is 521. The molecule has 0 amide bonds. The third-order valence-electron chi connectivity index (χ3n) is 2.31. The number of rotatable bonds is 6. The Balaban J connectivity index is 0.00000324. The molecule has 1 rings (SSSR count). The summed E-state index contributed by atoms with van der Waals surface area (Å²) in [6.45, 7) is 3.39. The summed E-state index contributed by atoms with van der Waals surface area (Å²) in [5.74, 6) is -0.0635. The first-order chi connectivity index (χ1) is 8.42. The molecule has 1 aromatic carbocycles. The number of hydrogen-bond acceptors (Lipinski definition) is 6. The number of aryl methyl sites for hydroxylation is 2. The van der Waals surface area contributed by atoms with Gasteiger partial charge >= 0.3 is 29.6 Å². The van der Waals surface area contributed by atoms with Crippen LogP contribution in [0.1, 0.15) is 11.1 Å². The number of halogens is 1. The number of alkyl halides is 1. The van der Waals surface area contributed by atoms with Crippen molar-refractivity contribution in [2.45, 2.75) is 23.6 Å². The molecular weight excluding hydrogens is 323 g/mol. The minimum Gasteiger partial charge on any atom is -0.691 e. The summed E-state index contributed by atoms with van der Waals surface area (Å²) in [6.07, 6.45) is 0. The van der Waals surface area contributed by atoms with Crippen LogP contribution < -0.4 is 34.8 Å². The maximum absolute atomic E-state index is 11.9. The van der Waals surface area contributed by atoms with Crippen LogP contribution in [0, 0.1) is 13.8 Å². The summed E-state index contributed by atoms with van der Waals surface area (Å²) >= 11 is 6.21. The van der Waals surface area contributed by atoms with Gasteiger partial charge in [-0.25, -0.2) is 8.42 Å². The minimum absolute atomic E-state index is 0. The quantitative estimate of drug-likeness (QED) is 0.208. The Morgan fingerprint density at radius 3 is 2.47 bits per heavy atom. The molecule has 0 bridgehead atoms. The second kappa shape index (κ2) is 8.86. The Labute approximate surface area is 143 Å². The molecule has 0 atom stereocenters. The van der Waals surface area contributed by atoms with Crippen molar-refractivity contribution in [3.05, 3.63) is 23.3 Å². The molecule has 1 aromatic rings. The summed E-state index contributed by atoms with van der Waals surface area (Å²) in [7, 11) is -3.38. The molecule has 9 heteroatoms. The second-order valence-corrected chi connectivity index (χ2v) is 6.81. The first-order valence-electron chi connectivity index (χ1n) is 4.95.